The van der Waals surface area contributed by atoms with E-state index in [1.165, 1.54) is 38.6 Å². The third-order valence-corrected chi connectivity index (χ3v) is 3.86. The van der Waals surface area contributed by atoms with Crippen molar-refractivity contribution in [3.63, 3.8) is 0 Å². The van der Waals surface area contributed by atoms with Gasteiger partial charge in [0.25, 0.3) is 0 Å². The molecular weight excluding hydrogens is 208 g/mol. The molecule has 0 amide bonds. The number of rotatable bonds is 5. The van der Waals surface area contributed by atoms with Crippen molar-refractivity contribution in [3.8, 4) is 0 Å². The maximum Gasteiger partial charge on any atom is 0.0335 e. The van der Waals surface area contributed by atoms with Gasteiger partial charge in [0.05, 0.1) is 0 Å². The van der Waals surface area contributed by atoms with Gasteiger partial charge in [-0.15, -0.1) is 0 Å². The average molecular weight is 234 g/mol. The molecule has 0 spiro atoms. The van der Waals surface area contributed by atoms with Gasteiger partial charge in [-0.25, -0.2) is 0 Å². The second-order valence-corrected chi connectivity index (χ2v) is 5.75. The zero-order valence-corrected chi connectivity index (χ0v) is 11.5. The van der Waals surface area contributed by atoms with Gasteiger partial charge >= 0.3 is 0 Å². The topological polar surface area (TPSA) is 17.0 Å². The maximum atomic E-state index is 3.43. The van der Waals surface area contributed by atoms with Crippen LogP contribution in [0.25, 0.3) is 0 Å². The summed E-state index contributed by atoms with van der Waals surface area (Å²) in [6.07, 6.45) is 11.3. The summed E-state index contributed by atoms with van der Waals surface area (Å²) in [5.74, 6) is 0.824. The van der Waals surface area contributed by atoms with Crippen molar-refractivity contribution >= 4 is 0 Å². The highest BCUT2D eigenvalue weighted by atomic mass is 15.0. The molecule has 0 bridgehead atoms. The van der Waals surface area contributed by atoms with Crippen molar-refractivity contribution in [1.29, 1.82) is 0 Å². The molecule has 17 heavy (non-hydrogen) atoms. The number of hydrogen-bond donors (Lipinski definition) is 1. The fourth-order valence-electron chi connectivity index (χ4n) is 2.86. The number of hydrogen-bond acceptors (Lipinski definition) is 1. The fourth-order valence-corrected chi connectivity index (χ4v) is 2.86. The van der Waals surface area contributed by atoms with Crippen molar-refractivity contribution in [3.05, 3.63) is 23.5 Å². The first kappa shape index (κ1) is 12.7. The highest BCUT2D eigenvalue weighted by Crippen LogP contribution is 2.30. The Balaban J connectivity index is 1.98. The molecule has 96 valence electrons. The third-order valence-electron chi connectivity index (χ3n) is 3.86. The first-order chi connectivity index (χ1) is 8.20. The van der Waals surface area contributed by atoms with Crippen LogP contribution in [0.1, 0.15) is 56.7 Å². The van der Waals surface area contributed by atoms with Crippen LogP contribution >= 0.6 is 0 Å². The Kier molecular flexibility index (Phi) is 4.27. The van der Waals surface area contributed by atoms with Crippen LogP contribution in [0.15, 0.2) is 12.4 Å². The van der Waals surface area contributed by atoms with Crippen molar-refractivity contribution < 1.29 is 0 Å². The minimum absolute atomic E-state index is 0.588. The van der Waals surface area contributed by atoms with E-state index >= 15 is 0 Å². The van der Waals surface area contributed by atoms with E-state index in [-0.39, 0.29) is 0 Å². The van der Waals surface area contributed by atoms with E-state index in [9.17, 15) is 0 Å². The lowest BCUT2D eigenvalue weighted by molar-refractivity contribution is 0.497. The lowest BCUT2D eigenvalue weighted by Crippen LogP contribution is -2.20. The Bertz CT molecular complexity index is 352. The molecule has 1 unspecified atom stereocenters. The number of aromatic nitrogens is 1. The monoisotopic (exact) mass is 234 g/mol. The molecule has 1 N–H and O–H groups in total. The minimum Gasteiger partial charge on any atom is -0.354 e. The summed E-state index contributed by atoms with van der Waals surface area (Å²) in [5.41, 5.74) is 3.11. The highest BCUT2D eigenvalue weighted by Gasteiger charge is 2.20. The number of nitrogens with zero attached hydrogens (tertiary/aromatic N) is 1. The molecule has 0 saturated heterocycles. The lowest BCUT2D eigenvalue weighted by atomic mass is 9.91. The van der Waals surface area contributed by atoms with Crippen molar-refractivity contribution in [2.75, 3.05) is 7.05 Å². The Morgan fingerprint density at radius 3 is 2.94 bits per heavy atom. The molecule has 1 aliphatic rings. The van der Waals surface area contributed by atoms with Crippen LogP contribution in [0.3, 0.4) is 0 Å². The van der Waals surface area contributed by atoms with Gasteiger partial charge in [-0.1, -0.05) is 13.8 Å². The molecular formula is C15H26N2. The predicted molar refractivity (Wildman–Crippen MR) is 73.2 cm³/mol. The predicted octanol–water partition coefficient (Wildman–Crippen LogP) is 3.52. The van der Waals surface area contributed by atoms with E-state index < -0.39 is 0 Å². The molecule has 0 radical (unpaired) electrons. The summed E-state index contributed by atoms with van der Waals surface area (Å²) in [6.45, 7) is 5.79. The van der Waals surface area contributed by atoms with Gasteiger partial charge in [-0.2, -0.15) is 0 Å². The Morgan fingerprint density at radius 1 is 1.41 bits per heavy atom. The smallest absolute Gasteiger partial charge is 0.0335 e. The Morgan fingerprint density at radius 2 is 2.24 bits per heavy atom. The Hall–Kier alpha value is -0.760. The Labute approximate surface area is 105 Å². The molecule has 1 atom stereocenters. The first-order valence-corrected chi connectivity index (χ1v) is 7.06. The van der Waals surface area contributed by atoms with Crippen LogP contribution in [0.4, 0.5) is 0 Å². The van der Waals surface area contributed by atoms with Gasteiger partial charge in [0.1, 0.15) is 0 Å². The van der Waals surface area contributed by atoms with E-state index in [2.05, 4.69) is 43.2 Å². The highest BCUT2D eigenvalue weighted by molar-refractivity contribution is 5.30. The van der Waals surface area contributed by atoms with Crippen LogP contribution in [0.2, 0.25) is 0 Å². The van der Waals surface area contributed by atoms with E-state index in [4.69, 9.17) is 0 Å². The van der Waals surface area contributed by atoms with Crippen LogP contribution < -0.4 is 5.32 Å². The van der Waals surface area contributed by atoms with Crippen molar-refractivity contribution in [1.82, 2.24) is 9.88 Å². The molecule has 1 heterocycles. The standard InChI is InChI=1S/C15H26N2/c1-12(2)6-5-9-17-10-13-7-4-8-15(16-3)14(13)11-17/h10-12,15-16H,4-9H2,1-3H3. The quantitative estimate of drug-likeness (QED) is 0.825. The molecule has 1 aliphatic carbocycles. The first-order valence-electron chi connectivity index (χ1n) is 7.06. The fraction of sp³-hybridized carbons (Fsp3) is 0.733. The van der Waals surface area contributed by atoms with Gasteiger partial charge in [-0.3, -0.25) is 0 Å². The molecule has 0 aliphatic heterocycles. The molecule has 0 aromatic carbocycles. The van der Waals surface area contributed by atoms with Crippen LogP contribution in [-0.2, 0) is 13.0 Å². The van der Waals surface area contributed by atoms with Crippen LogP contribution in [0, 0.1) is 5.92 Å². The zero-order chi connectivity index (χ0) is 12.3. The van der Waals surface area contributed by atoms with Crippen LogP contribution in [-0.4, -0.2) is 11.6 Å². The van der Waals surface area contributed by atoms with Crippen LogP contribution in [0.5, 0.6) is 0 Å². The molecule has 2 heteroatoms. The van der Waals surface area contributed by atoms with E-state index in [0.717, 1.165) is 5.92 Å². The number of fused-ring (bicyclic) bond motifs is 1. The average Bonchev–Trinajstić information content (AvgIpc) is 2.70. The summed E-state index contributed by atoms with van der Waals surface area (Å²) in [4.78, 5) is 0. The van der Waals surface area contributed by atoms with E-state index in [0.29, 0.717) is 6.04 Å². The van der Waals surface area contributed by atoms with Gasteiger partial charge in [0.15, 0.2) is 0 Å². The third kappa shape index (κ3) is 3.12. The molecule has 0 fully saturated rings. The van der Waals surface area contributed by atoms with Gasteiger partial charge in [-0.05, 0) is 56.2 Å². The SMILES string of the molecule is CNC1CCCc2cn(CCCC(C)C)cc21. The lowest BCUT2D eigenvalue weighted by Gasteiger charge is -2.21. The zero-order valence-electron chi connectivity index (χ0n) is 11.5. The maximum absolute atomic E-state index is 3.43. The molecule has 1 aromatic rings. The molecule has 2 rings (SSSR count). The number of nitrogens with one attached hydrogen (secondary N) is 1. The summed E-state index contributed by atoms with van der Waals surface area (Å²) in [5, 5.41) is 3.43. The number of aryl methyl sites for hydroxylation is 2. The normalized spacial score (nSPS) is 19.6. The summed E-state index contributed by atoms with van der Waals surface area (Å²) < 4.78 is 2.41. The minimum atomic E-state index is 0.588. The largest absolute Gasteiger partial charge is 0.354 e. The summed E-state index contributed by atoms with van der Waals surface area (Å²) >= 11 is 0. The van der Waals surface area contributed by atoms with E-state index in [1.807, 2.05) is 0 Å². The molecule has 1 aromatic heterocycles. The van der Waals surface area contributed by atoms with Gasteiger partial charge < -0.3 is 9.88 Å². The van der Waals surface area contributed by atoms with Gasteiger partial charge in [0, 0.05) is 25.0 Å². The second kappa shape index (κ2) is 5.72. The summed E-state index contributed by atoms with van der Waals surface area (Å²) in [7, 11) is 2.08. The van der Waals surface area contributed by atoms with E-state index in [1.54, 1.807) is 11.1 Å². The van der Waals surface area contributed by atoms with Crippen molar-refractivity contribution in [2.24, 2.45) is 5.92 Å². The molecule has 0 saturated carbocycles. The summed E-state index contributed by atoms with van der Waals surface area (Å²) in [6, 6.07) is 0.588. The second-order valence-electron chi connectivity index (χ2n) is 5.75. The van der Waals surface area contributed by atoms with Crippen molar-refractivity contribution in [2.45, 2.75) is 58.5 Å². The van der Waals surface area contributed by atoms with Gasteiger partial charge in [0.2, 0.25) is 0 Å². The molecule has 2 nitrogen and oxygen atoms in total.